The lowest BCUT2D eigenvalue weighted by molar-refractivity contribution is -0.155. The summed E-state index contributed by atoms with van der Waals surface area (Å²) in [5.74, 6) is -0.419. The average Bonchev–Trinajstić information content (AvgIpc) is 3.10. The Hall–Kier alpha value is -3.33. The van der Waals surface area contributed by atoms with Gasteiger partial charge in [0.05, 0.1) is 11.6 Å². The van der Waals surface area contributed by atoms with E-state index in [1.54, 1.807) is 36.1 Å². The number of hydrogen-bond donors (Lipinski definition) is 0. The van der Waals surface area contributed by atoms with Gasteiger partial charge in [-0.1, -0.05) is 18.2 Å². The first-order valence-electron chi connectivity index (χ1n) is 8.30. The predicted molar refractivity (Wildman–Crippen MR) is 94.7 cm³/mol. The van der Waals surface area contributed by atoms with Crippen LogP contribution in [-0.4, -0.2) is 31.1 Å². The third-order valence-corrected chi connectivity index (χ3v) is 4.15. The van der Waals surface area contributed by atoms with Crippen LogP contribution in [0.15, 0.2) is 48.5 Å². The molecule has 0 aromatic heterocycles. The molecule has 0 radical (unpaired) electrons. The Balaban J connectivity index is 1.52. The monoisotopic (exact) mass is 350 g/mol. The molecule has 0 spiro atoms. The minimum absolute atomic E-state index is 0.248. The Labute approximate surface area is 151 Å². The van der Waals surface area contributed by atoms with Crippen LogP contribution in [0.1, 0.15) is 18.1 Å². The molecule has 0 unspecified atom stereocenters. The van der Waals surface area contributed by atoms with Crippen molar-refractivity contribution in [2.75, 3.05) is 18.1 Å². The number of carbonyl (C=O) groups excluding carboxylic acids is 2. The molecule has 26 heavy (non-hydrogen) atoms. The molecule has 132 valence electrons. The number of anilines is 1. The number of benzene rings is 2. The summed E-state index contributed by atoms with van der Waals surface area (Å²) in [6.07, 6.45) is -0.0945. The van der Waals surface area contributed by atoms with E-state index in [0.717, 1.165) is 17.7 Å². The molecule has 1 amide bonds. The molecule has 1 aliphatic rings. The molecule has 1 atom stereocenters. The third kappa shape index (κ3) is 3.83. The zero-order valence-corrected chi connectivity index (χ0v) is 14.3. The maximum absolute atomic E-state index is 12.6. The van der Waals surface area contributed by atoms with E-state index < -0.39 is 12.1 Å². The number of fused-ring (bicyclic) bond motifs is 1. The summed E-state index contributed by atoms with van der Waals surface area (Å²) in [5, 5.41) is 8.75. The maximum Gasteiger partial charge on any atom is 0.344 e. The van der Waals surface area contributed by atoms with E-state index in [-0.39, 0.29) is 12.5 Å². The van der Waals surface area contributed by atoms with Gasteiger partial charge in [-0.15, -0.1) is 0 Å². The normalized spacial score (nSPS) is 13.5. The summed E-state index contributed by atoms with van der Waals surface area (Å²) < 4.78 is 10.5. The number of amides is 1. The first kappa shape index (κ1) is 17.5. The second kappa shape index (κ2) is 7.70. The van der Waals surface area contributed by atoms with E-state index in [9.17, 15) is 9.59 Å². The molecule has 0 fully saturated rings. The number of nitrogens with zero attached hydrogens (tertiary/aromatic N) is 2. The van der Waals surface area contributed by atoms with Gasteiger partial charge >= 0.3 is 5.97 Å². The van der Waals surface area contributed by atoms with Gasteiger partial charge in [0.15, 0.2) is 12.7 Å². The zero-order chi connectivity index (χ0) is 18.5. The molecular formula is C20H18N2O4. The topological polar surface area (TPSA) is 79.6 Å². The molecule has 0 saturated carbocycles. The number of esters is 1. The van der Waals surface area contributed by atoms with Crippen molar-refractivity contribution in [2.24, 2.45) is 0 Å². The van der Waals surface area contributed by atoms with Crippen LogP contribution >= 0.6 is 0 Å². The number of rotatable bonds is 5. The van der Waals surface area contributed by atoms with E-state index >= 15 is 0 Å². The first-order chi connectivity index (χ1) is 12.6. The Morgan fingerprint density at radius 3 is 2.65 bits per heavy atom. The minimum atomic E-state index is -0.891. The molecule has 0 saturated heterocycles. The van der Waals surface area contributed by atoms with E-state index in [4.69, 9.17) is 14.7 Å². The van der Waals surface area contributed by atoms with Crippen LogP contribution < -0.4 is 9.64 Å². The number of hydrogen-bond acceptors (Lipinski definition) is 5. The molecule has 1 aliphatic heterocycles. The highest BCUT2D eigenvalue weighted by Crippen LogP contribution is 2.28. The summed E-state index contributed by atoms with van der Waals surface area (Å²) in [6.45, 7) is 1.84. The van der Waals surface area contributed by atoms with Crippen LogP contribution in [0.25, 0.3) is 0 Å². The molecule has 6 heteroatoms. The number of para-hydroxylation sites is 1. The van der Waals surface area contributed by atoms with Gasteiger partial charge in [0.2, 0.25) is 0 Å². The van der Waals surface area contributed by atoms with Crippen LogP contribution in [0.3, 0.4) is 0 Å². The summed E-state index contributed by atoms with van der Waals surface area (Å²) in [5.41, 5.74) is 2.49. The number of ether oxygens (including phenoxy) is 2. The summed E-state index contributed by atoms with van der Waals surface area (Å²) in [4.78, 5) is 26.2. The van der Waals surface area contributed by atoms with Crippen LogP contribution in [0.5, 0.6) is 5.75 Å². The Bertz CT molecular complexity index is 855. The van der Waals surface area contributed by atoms with E-state index in [2.05, 4.69) is 0 Å². The van der Waals surface area contributed by atoms with Crippen LogP contribution in [0, 0.1) is 11.3 Å². The molecule has 3 rings (SSSR count). The van der Waals surface area contributed by atoms with Crippen molar-refractivity contribution in [3.05, 3.63) is 59.7 Å². The van der Waals surface area contributed by atoms with Gasteiger partial charge in [-0.2, -0.15) is 5.26 Å². The Kier molecular flexibility index (Phi) is 5.18. The van der Waals surface area contributed by atoms with Crippen LogP contribution in [0.4, 0.5) is 5.69 Å². The standard InChI is InChI=1S/C20H18N2O4/c1-14(20(24)22-11-10-16-4-2-3-5-18(16)22)26-19(23)13-25-17-8-6-15(12-21)7-9-17/h2-9,14H,10-11,13H2,1H3/t14-/m1/s1. The van der Waals surface area contributed by atoms with Crippen molar-refractivity contribution in [2.45, 2.75) is 19.4 Å². The first-order valence-corrected chi connectivity index (χ1v) is 8.30. The van der Waals surface area contributed by atoms with Crippen LogP contribution in [-0.2, 0) is 20.7 Å². The van der Waals surface area contributed by atoms with Gasteiger partial charge in [0.25, 0.3) is 5.91 Å². The van der Waals surface area contributed by atoms with E-state index in [1.807, 2.05) is 30.3 Å². The second-order valence-electron chi connectivity index (χ2n) is 5.93. The minimum Gasteiger partial charge on any atom is -0.482 e. The fourth-order valence-electron chi connectivity index (χ4n) is 2.84. The highest BCUT2D eigenvalue weighted by Gasteiger charge is 2.29. The number of carbonyl (C=O) groups is 2. The van der Waals surface area contributed by atoms with Crippen LogP contribution in [0.2, 0.25) is 0 Å². The maximum atomic E-state index is 12.6. The van der Waals surface area contributed by atoms with Crippen molar-refractivity contribution in [3.63, 3.8) is 0 Å². The van der Waals surface area contributed by atoms with Crippen molar-refractivity contribution in [1.82, 2.24) is 0 Å². The summed E-state index contributed by atoms with van der Waals surface area (Å²) in [6, 6.07) is 16.1. The summed E-state index contributed by atoms with van der Waals surface area (Å²) >= 11 is 0. The largest absolute Gasteiger partial charge is 0.482 e. The molecule has 1 heterocycles. The molecule has 0 bridgehead atoms. The molecule has 2 aromatic rings. The van der Waals surface area contributed by atoms with E-state index in [0.29, 0.717) is 17.9 Å². The molecule has 0 aliphatic carbocycles. The fraction of sp³-hybridized carbons (Fsp3) is 0.250. The van der Waals surface area contributed by atoms with Crippen molar-refractivity contribution < 1.29 is 19.1 Å². The lowest BCUT2D eigenvalue weighted by atomic mass is 10.2. The van der Waals surface area contributed by atoms with Gasteiger partial charge in [0, 0.05) is 12.2 Å². The highest BCUT2D eigenvalue weighted by molar-refractivity contribution is 5.99. The lowest BCUT2D eigenvalue weighted by Crippen LogP contribution is -2.39. The smallest absolute Gasteiger partial charge is 0.344 e. The van der Waals surface area contributed by atoms with Crippen molar-refractivity contribution >= 4 is 17.6 Å². The highest BCUT2D eigenvalue weighted by atomic mass is 16.6. The average molecular weight is 350 g/mol. The van der Waals surface area contributed by atoms with Gasteiger partial charge < -0.3 is 14.4 Å². The van der Waals surface area contributed by atoms with Gasteiger partial charge in [-0.05, 0) is 49.2 Å². The second-order valence-corrected chi connectivity index (χ2v) is 5.93. The quantitative estimate of drug-likeness (QED) is 0.774. The zero-order valence-electron chi connectivity index (χ0n) is 14.3. The predicted octanol–water partition coefficient (Wildman–Crippen LogP) is 2.46. The van der Waals surface area contributed by atoms with Crippen molar-refractivity contribution in [3.8, 4) is 11.8 Å². The molecule has 6 nitrogen and oxygen atoms in total. The Morgan fingerprint density at radius 2 is 1.92 bits per heavy atom. The SMILES string of the molecule is C[C@@H](OC(=O)COc1ccc(C#N)cc1)C(=O)N1CCc2ccccc21. The lowest BCUT2D eigenvalue weighted by Gasteiger charge is -2.21. The molecular weight excluding hydrogens is 332 g/mol. The van der Waals surface area contributed by atoms with E-state index in [1.165, 1.54) is 0 Å². The Morgan fingerprint density at radius 1 is 1.19 bits per heavy atom. The fourth-order valence-corrected chi connectivity index (χ4v) is 2.84. The van der Waals surface area contributed by atoms with Gasteiger partial charge in [0.1, 0.15) is 5.75 Å². The van der Waals surface area contributed by atoms with Crippen molar-refractivity contribution in [1.29, 1.82) is 5.26 Å². The molecule has 0 N–H and O–H groups in total. The summed E-state index contributed by atoms with van der Waals surface area (Å²) in [7, 11) is 0. The number of nitriles is 1. The van der Waals surface area contributed by atoms with Gasteiger partial charge in [-0.3, -0.25) is 4.79 Å². The van der Waals surface area contributed by atoms with Gasteiger partial charge in [-0.25, -0.2) is 4.79 Å². The molecule has 2 aromatic carbocycles. The third-order valence-electron chi connectivity index (χ3n) is 4.15.